The minimum Gasteiger partial charge on any atom is -0.508 e. The maximum absolute atomic E-state index is 9.90. The van der Waals surface area contributed by atoms with Crippen molar-refractivity contribution < 1.29 is 10.2 Å². The van der Waals surface area contributed by atoms with Gasteiger partial charge >= 0.3 is 0 Å². The molecule has 0 atom stereocenters. The van der Waals surface area contributed by atoms with E-state index in [1.165, 1.54) is 17.8 Å². The van der Waals surface area contributed by atoms with E-state index in [2.05, 4.69) is 9.98 Å². The van der Waals surface area contributed by atoms with Gasteiger partial charge in [-0.3, -0.25) is 10.4 Å². The van der Waals surface area contributed by atoms with Gasteiger partial charge in [0, 0.05) is 24.2 Å². The molecule has 23 heavy (non-hydrogen) atoms. The number of pyridine rings is 1. The zero-order valence-electron chi connectivity index (χ0n) is 12.7. The molecule has 2 rings (SSSR count). The molecule has 0 unspecified atom stereocenters. The molecule has 0 amide bonds. The molecule has 1 aromatic heterocycles. The number of rotatable bonds is 4. The molecule has 0 radical (unpaired) electrons. The summed E-state index contributed by atoms with van der Waals surface area (Å²) in [5.41, 5.74) is 7.83. The van der Waals surface area contributed by atoms with Crippen LogP contribution in [0.1, 0.15) is 23.6 Å². The topological polar surface area (TPSA) is 116 Å². The van der Waals surface area contributed by atoms with Crippen LogP contribution in [-0.2, 0) is 12.2 Å². The molecule has 0 aliphatic rings. The van der Waals surface area contributed by atoms with E-state index >= 15 is 0 Å². The lowest BCUT2D eigenvalue weighted by Gasteiger charge is -2.09. The Morgan fingerprint density at radius 1 is 1.35 bits per heavy atom. The SMILES string of the molecule is CCc1cc(/C(N)=N/C(=N)SCc2cccnc2)c(O)cc1O. The summed E-state index contributed by atoms with van der Waals surface area (Å²) in [5, 5.41) is 27.5. The van der Waals surface area contributed by atoms with E-state index in [9.17, 15) is 10.2 Å². The zero-order chi connectivity index (χ0) is 16.8. The van der Waals surface area contributed by atoms with Crippen molar-refractivity contribution in [2.75, 3.05) is 0 Å². The van der Waals surface area contributed by atoms with E-state index in [4.69, 9.17) is 11.1 Å². The number of benzene rings is 1. The van der Waals surface area contributed by atoms with E-state index < -0.39 is 0 Å². The van der Waals surface area contributed by atoms with Gasteiger partial charge in [-0.1, -0.05) is 24.8 Å². The minimum atomic E-state index is -0.161. The standard InChI is InChI=1S/C16H18N4O2S/c1-2-11-6-12(14(22)7-13(11)21)15(17)20-16(18)23-9-10-4-3-5-19-8-10/h3-8,21-22H,2,9H2,1H3,(H3,17,18,20). The number of nitrogens with two attached hydrogens (primary N) is 1. The molecule has 1 aromatic carbocycles. The summed E-state index contributed by atoms with van der Waals surface area (Å²) in [4.78, 5) is 8.02. The fraction of sp³-hybridized carbons (Fsp3) is 0.188. The van der Waals surface area contributed by atoms with Gasteiger partial charge in [-0.25, -0.2) is 4.99 Å². The van der Waals surface area contributed by atoms with E-state index in [1.54, 1.807) is 18.5 Å². The number of aromatic hydroxyl groups is 2. The highest BCUT2D eigenvalue weighted by Crippen LogP contribution is 2.27. The van der Waals surface area contributed by atoms with Crippen molar-refractivity contribution in [3.63, 3.8) is 0 Å². The maximum Gasteiger partial charge on any atom is 0.182 e. The van der Waals surface area contributed by atoms with Crippen LogP contribution in [0.4, 0.5) is 0 Å². The Bertz CT molecular complexity index is 732. The summed E-state index contributed by atoms with van der Waals surface area (Å²) < 4.78 is 0. The number of aromatic nitrogens is 1. The Balaban J connectivity index is 2.11. The van der Waals surface area contributed by atoms with Gasteiger partial charge in [0.15, 0.2) is 5.17 Å². The second kappa shape index (κ2) is 7.64. The molecule has 1 heterocycles. The minimum absolute atomic E-state index is 0.0163. The Kier molecular flexibility index (Phi) is 5.59. The molecule has 7 heteroatoms. The van der Waals surface area contributed by atoms with Gasteiger partial charge in [-0.2, -0.15) is 0 Å². The molecular formula is C16H18N4O2S. The summed E-state index contributed by atoms with van der Waals surface area (Å²) in [6.07, 6.45) is 4.01. The first-order chi connectivity index (χ1) is 11.0. The molecule has 5 N–H and O–H groups in total. The number of aryl methyl sites for hydroxylation is 1. The Morgan fingerprint density at radius 3 is 2.78 bits per heavy atom. The monoisotopic (exact) mass is 330 g/mol. The van der Waals surface area contributed by atoms with Crippen molar-refractivity contribution in [2.45, 2.75) is 19.1 Å². The van der Waals surface area contributed by atoms with Gasteiger partial charge in [0.2, 0.25) is 0 Å². The first-order valence-corrected chi connectivity index (χ1v) is 7.99. The van der Waals surface area contributed by atoms with Gasteiger partial charge in [0.05, 0.1) is 5.56 Å². The normalized spacial score (nSPS) is 11.4. The number of phenolic OH excluding ortho intramolecular Hbond substituents is 2. The second-order valence-electron chi connectivity index (χ2n) is 4.80. The van der Waals surface area contributed by atoms with Crippen molar-refractivity contribution in [3.05, 3.63) is 53.3 Å². The number of hydrogen-bond donors (Lipinski definition) is 4. The van der Waals surface area contributed by atoms with Crippen LogP contribution in [0.3, 0.4) is 0 Å². The Hall–Kier alpha value is -2.54. The number of amidine groups is 2. The van der Waals surface area contributed by atoms with E-state index in [-0.39, 0.29) is 22.5 Å². The zero-order valence-corrected chi connectivity index (χ0v) is 13.5. The van der Waals surface area contributed by atoms with E-state index in [0.29, 0.717) is 23.3 Å². The molecule has 0 saturated carbocycles. The summed E-state index contributed by atoms with van der Waals surface area (Å²) in [7, 11) is 0. The number of phenols is 2. The summed E-state index contributed by atoms with van der Waals surface area (Å²) in [6.45, 7) is 1.88. The summed E-state index contributed by atoms with van der Waals surface area (Å²) in [6, 6.07) is 6.57. The van der Waals surface area contributed by atoms with Crippen molar-refractivity contribution in [3.8, 4) is 11.5 Å². The number of nitrogens with one attached hydrogen (secondary N) is 1. The lowest BCUT2D eigenvalue weighted by Crippen LogP contribution is -2.15. The molecule has 0 saturated heterocycles. The fourth-order valence-corrected chi connectivity index (χ4v) is 2.58. The van der Waals surface area contributed by atoms with Crippen LogP contribution < -0.4 is 5.73 Å². The summed E-state index contributed by atoms with van der Waals surface area (Å²) in [5.74, 6) is 0.458. The fourth-order valence-electron chi connectivity index (χ4n) is 1.95. The number of nitrogens with zero attached hydrogens (tertiary/aromatic N) is 2. The second-order valence-corrected chi connectivity index (χ2v) is 5.77. The number of thioether (sulfide) groups is 1. The molecule has 0 bridgehead atoms. The lowest BCUT2D eigenvalue weighted by molar-refractivity contribution is 0.446. The smallest absolute Gasteiger partial charge is 0.182 e. The van der Waals surface area contributed by atoms with E-state index in [1.807, 2.05) is 19.1 Å². The van der Waals surface area contributed by atoms with Crippen LogP contribution in [0.25, 0.3) is 0 Å². The van der Waals surface area contributed by atoms with Crippen molar-refractivity contribution >= 4 is 22.8 Å². The Morgan fingerprint density at radius 2 is 2.13 bits per heavy atom. The first kappa shape index (κ1) is 16.8. The van der Waals surface area contributed by atoms with Crippen LogP contribution in [-0.4, -0.2) is 26.2 Å². The van der Waals surface area contributed by atoms with Gasteiger partial charge in [-0.05, 0) is 29.7 Å². The van der Waals surface area contributed by atoms with Crippen LogP contribution in [0.15, 0.2) is 41.7 Å². The highest BCUT2D eigenvalue weighted by Gasteiger charge is 2.11. The van der Waals surface area contributed by atoms with Crippen molar-refractivity contribution in [2.24, 2.45) is 10.7 Å². The van der Waals surface area contributed by atoms with Gasteiger partial charge < -0.3 is 15.9 Å². The van der Waals surface area contributed by atoms with Crippen LogP contribution in [0.5, 0.6) is 11.5 Å². The maximum atomic E-state index is 9.90. The highest BCUT2D eigenvalue weighted by molar-refractivity contribution is 8.13. The van der Waals surface area contributed by atoms with Gasteiger partial charge in [0.1, 0.15) is 17.3 Å². The van der Waals surface area contributed by atoms with E-state index in [0.717, 1.165) is 5.56 Å². The molecular weight excluding hydrogens is 312 g/mol. The predicted molar refractivity (Wildman–Crippen MR) is 93.1 cm³/mol. The molecule has 2 aromatic rings. The van der Waals surface area contributed by atoms with Crippen LogP contribution in [0.2, 0.25) is 0 Å². The molecule has 6 nitrogen and oxygen atoms in total. The van der Waals surface area contributed by atoms with Crippen LogP contribution >= 0.6 is 11.8 Å². The third kappa shape index (κ3) is 4.46. The van der Waals surface area contributed by atoms with Crippen LogP contribution in [0, 0.1) is 5.41 Å². The lowest BCUT2D eigenvalue weighted by atomic mass is 10.1. The highest BCUT2D eigenvalue weighted by atomic mass is 32.2. The summed E-state index contributed by atoms with van der Waals surface area (Å²) >= 11 is 1.22. The average molecular weight is 330 g/mol. The third-order valence-corrected chi connectivity index (χ3v) is 4.02. The molecule has 0 spiro atoms. The molecule has 0 aliphatic heterocycles. The average Bonchev–Trinajstić information content (AvgIpc) is 2.54. The number of aliphatic imine (C=N–C) groups is 1. The van der Waals surface area contributed by atoms with Gasteiger partial charge in [-0.15, -0.1) is 0 Å². The van der Waals surface area contributed by atoms with Crippen molar-refractivity contribution in [1.29, 1.82) is 5.41 Å². The molecule has 120 valence electrons. The third-order valence-electron chi connectivity index (χ3n) is 3.17. The molecule has 0 aliphatic carbocycles. The van der Waals surface area contributed by atoms with Crippen molar-refractivity contribution in [1.82, 2.24) is 4.98 Å². The number of hydrogen-bond acceptors (Lipinski definition) is 5. The van der Waals surface area contributed by atoms with Gasteiger partial charge in [0.25, 0.3) is 0 Å². The largest absolute Gasteiger partial charge is 0.508 e. The first-order valence-electron chi connectivity index (χ1n) is 7.01. The molecule has 0 fully saturated rings. The quantitative estimate of drug-likeness (QED) is 0.508. The predicted octanol–water partition coefficient (Wildman–Crippen LogP) is 2.63. The Labute approximate surface area is 138 Å².